The number of carbonyl (C=O) groups is 1. The fourth-order valence-electron chi connectivity index (χ4n) is 1.51. The van der Waals surface area contributed by atoms with Gasteiger partial charge in [0.15, 0.2) is 0 Å². The smallest absolute Gasteiger partial charge is 0.253 e. The van der Waals surface area contributed by atoms with Gasteiger partial charge in [-0.15, -0.1) is 0 Å². The highest BCUT2D eigenvalue weighted by atomic mass is 79.9. The van der Waals surface area contributed by atoms with Crippen molar-refractivity contribution in [3.63, 3.8) is 0 Å². The number of methoxy groups -OCH3 is 1. The maximum absolute atomic E-state index is 12.0. The van der Waals surface area contributed by atoms with E-state index in [1.807, 2.05) is 13.8 Å². The highest BCUT2D eigenvalue weighted by Crippen LogP contribution is 2.08. The molecule has 0 saturated carbocycles. The lowest BCUT2D eigenvalue weighted by Crippen LogP contribution is -2.32. The van der Waals surface area contributed by atoms with Gasteiger partial charge in [0.25, 0.3) is 5.91 Å². The summed E-state index contributed by atoms with van der Waals surface area (Å²) in [5.74, 6) is -0.120. The number of ether oxygens (including phenoxy) is 1. The van der Waals surface area contributed by atoms with E-state index < -0.39 is 0 Å². The van der Waals surface area contributed by atoms with Gasteiger partial charge in [-0.1, -0.05) is 22.9 Å². The Balaban J connectivity index is 2.68. The molecule has 0 saturated heterocycles. The first kappa shape index (κ1) is 15.0. The van der Waals surface area contributed by atoms with Gasteiger partial charge in [-0.05, 0) is 19.4 Å². The minimum Gasteiger partial charge on any atom is -0.383 e. The van der Waals surface area contributed by atoms with E-state index in [0.29, 0.717) is 25.1 Å². The predicted octanol–water partition coefficient (Wildman–Crippen LogP) is 1.49. The van der Waals surface area contributed by atoms with Gasteiger partial charge >= 0.3 is 0 Å². The maximum atomic E-state index is 12.0. The first-order valence-electron chi connectivity index (χ1n) is 5.82. The van der Waals surface area contributed by atoms with Crippen molar-refractivity contribution >= 4 is 21.8 Å². The van der Waals surface area contributed by atoms with E-state index in [-0.39, 0.29) is 10.7 Å². The molecule has 1 rings (SSSR count). The Kier molecular flexibility index (Phi) is 6.21. The zero-order valence-electron chi connectivity index (χ0n) is 10.9. The average Bonchev–Trinajstić information content (AvgIpc) is 2.36. The third-order valence-corrected chi connectivity index (χ3v) is 2.99. The van der Waals surface area contributed by atoms with Gasteiger partial charge in [0.2, 0.25) is 0 Å². The Morgan fingerprint density at radius 3 is 2.89 bits per heavy atom. The van der Waals surface area contributed by atoms with Gasteiger partial charge in [-0.25, -0.2) is 0 Å². The number of aromatic nitrogens is 2. The molecule has 1 N–H and O–H groups in total. The summed E-state index contributed by atoms with van der Waals surface area (Å²) >= 11 is 3.42. The van der Waals surface area contributed by atoms with Gasteiger partial charge in [0.05, 0.1) is 28.4 Å². The fourth-order valence-corrected chi connectivity index (χ4v) is 1.94. The number of halogens is 1. The molecule has 1 aromatic heterocycles. The number of hydrogen-bond acceptors (Lipinski definition) is 4. The van der Waals surface area contributed by atoms with Crippen molar-refractivity contribution in [1.29, 1.82) is 0 Å². The molecule has 0 aliphatic heterocycles. The van der Waals surface area contributed by atoms with Crippen molar-refractivity contribution in [2.45, 2.75) is 25.1 Å². The summed E-state index contributed by atoms with van der Waals surface area (Å²) < 4.78 is 4.99. The van der Waals surface area contributed by atoms with Crippen LogP contribution in [0.4, 0.5) is 0 Å². The van der Waals surface area contributed by atoms with Crippen LogP contribution in [0, 0.1) is 6.92 Å². The van der Waals surface area contributed by atoms with Crippen LogP contribution in [-0.2, 0) is 11.2 Å². The SMILES string of the molecule is CCc1nnc(C)cc1C(=O)NCC(Br)COC. The lowest BCUT2D eigenvalue weighted by molar-refractivity contribution is 0.0948. The fraction of sp³-hybridized carbons (Fsp3) is 0.583. The van der Waals surface area contributed by atoms with Crippen LogP contribution in [0.25, 0.3) is 0 Å². The van der Waals surface area contributed by atoms with Crippen LogP contribution in [0.1, 0.15) is 28.7 Å². The second-order valence-corrected chi connectivity index (χ2v) is 5.26. The number of hydrogen-bond donors (Lipinski definition) is 1. The number of rotatable bonds is 6. The predicted molar refractivity (Wildman–Crippen MR) is 73.1 cm³/mol. The molecule has 1 unspecified atom stereocenters. The Hall–Kier alpha value is -1.01. The van der Waals surface area contributed by atoms with Crippen LogP contribution >= 0.6 is 15.9 Å². The van der Waals surface area contributed by atoms with E-state index in [9.17, 15) is 4.79 Å². The van der Waals surface area contributed by atoms with Gasteiger partial charge in [-0.3, -0.25) is 4.79 Å². The number of nitrogens with one attached hydrogen (secondary N) is 1. The summed E-state index contributed by atoms with van der Waals surface area (Å²) in [6, 6.07) is 1.76. The number of aryl methyl sites for hydroxylation is 2. The minimum atomic E-state index is -0.120. The van der Waals surface area contributed by atoms with Crippen LogP contribution in [0.2, 0.25) is 0 Å². The molecule has 100 valence electrons. The zero-order valence-corrected chi connectivity index (χ0v) is 12.5. The number of carbonyl (C=O) groups excluding carboxylic acids is 1. The van der Waals surface area contributed by atoms with Crippen LogP contribution in [0.15, 0.2) is 6.07 Å². The molecule has 0 aliphatic rings. The van der Waals surface area contributed by atoms with E-state index in [2.05, 4.69) is 31.4 Å². The van der Waals surface area contributed by atoms with Gasteiger partial charge in [0.1, 0.15) is 0 Å². The quantitative estimate of drug-likeness (QED) is 0.808. The second kappa shape index (κ2) is 7.43. The van der Waals surface area contributed by atoms with Crippen molar-refractivity contribution in [2.24, 2.45) is 0 Å². The topological polar surface area (TPSA) is 64.1 Å². The van der Waals surface area contributed by atoms with Crippen LogP contribution in [0.5, 0.6) is 0 Å². The number of amides is 1. The summed E-state index contributed by atoms with van der Waals surface area (Å²) in [5, 5.41) is 10.8. The number of nitrogens with zero attached hydrogens (tertiary/aromatic N) is 2. The van der Waals surface area contributed by atoms with E-state index in [1.165, 1.54) is 0 Å². The summed E-state index contributed by atoms with van der Waals surface area (Å²) in [4.78, 5) is 12.1. The molecule has 0 aliphatic carbocycles. The summed E-state index contributed by atoms with van der Waals surface area (Å²) in [6.07, 6.45) is 0.686. The second-order valence-electron chi connectivity index (χ2n) is 3.96. The van der Waals surface area contributed by atoms with Crippen molar-refractivity contribution in [3.05, 3.63) is 23.0 Å². The van der Waals surface area contributed by atoms with E-state index in [0.717, 1.165) is 11.4 Å². The summed E-state index contributed by atoms with van der Waals surface area (Å²) in [7, 11) is 1.63. The first-order chi connectivity index (χ1) is 8.58. The standard InChI is InChI=1S/C12H18BrN3O2/c1-4-11-10(5-8(2)15-16-11)12(17)14-6-9(13)7-18-3/h5,9H,4,6-7H2,1-3H3,(H,14,17). The third-order valence-electron chi connectivity index (χ3n) is 2.40. The van der Waals surface area contributed by atoms with Crippen molar-refractivity contribution < 1.29 is 9.53 Å². The monoisotopic (exact) mass is 315 g/mol. The van der Waals surface area contributed by atoms with E-state index in [1.54, 1.807) is 13.2 Å². The molecule has 0 aromatic carbocycles. The molecule has 1 heterocycles. The summed E-state index contributed by atoms with van der Waals surface area (Å²) in [5.41, 5.74) is 2.06. The molecule has 0 radical (unpaired) electrons. The van der Waals surface area contributed by atoms with Crippen LogP contribution < -0.4 is 5.32 Å². The Labute approximate surface area is 115 Å². The molecule has 0 bridgehead atoms. The zero-order chi connectivity index (χ0) is 13.5. The Morgan fingerprint density at radius 1 is 1.56 bits per heavy atom. The molecule has 18 heavy (non-hydrogen) atoms. The van der Waals surface area contributed by atoms with Crippen molar-refractivity contribution in [2.75, 3.05) is 20.3 Å². The van der Waals surface area contributed by atoms with E-state index >= 15 is 0 Å². The minimum absolute atomic E-state index is 0.104. The molecule has 5 nitrogen and oxygen atoms in total. The molecule has 1 aromatic rings. The highest BCUT2D eigenvalue weighted by molar-refractivity contribution is 9.09. The van der Waals surface area contributed by atoms with Crippen LogP contribution in [-0.4, -0.2) is 41.2 Å². The normalized spacial score (nSPS) is 12.2. The van der Waals surface area contributed by atoms with Gasteiger partial charge < -0.3 is 10.1 Å². The van der Waals surface area contributed by atoms with Crippen molar-refractivity contribution in [1.82, 2.24) is 15.5 Å². The van der Waals surface area contributed by atoms with Gasteiger partial charge in [-0.2, -0.15) is 10.2 Å². The third kappa shape index (κ3) is 4.34. The first-order valence-corrected chi connectivity index (χ1v) is 6.74. The summed E-state index contributed by atoms with van der Waals surface area (Å²) in [6.45, 7) is 4.83. The average molecular weight is 316 g/mol. The molecule has 1 atom stereocenters. The molecule has 1 amide bonds. The molecule has 6 heteroatoms. The lowest BCUT2D eigenvalue weighted by atomic mass is 10.1. The van der Waals surface area contributed by atoms with E-state index in [4.69, 9.17) is 4.74 Å². The van der Waals surface area contributed by atoms with Gasteiger partial charge in [0, 0.05) is 13.7 Å². The largest absolute Gasteiger partial charge is 0.383 e. The highest BCUT2D eigenvalue weighted by Gasteiger charge is 2.14. The molecule has 0 spiro atoms. The van der Waals surface area contributed by atoms with Crippen LogP contribution in [0.3, 0.4) is 0 Å². The molecule has 0 fully saturated rings. The Bertz CT molecular complexity index is 412. The molecular formula is C12H18BrN3O2. The Morgan fingerprint density at radius 2 is 2.28 bits per heavy atom. The van der Waals surface area contributed by atoms with Crippen molar-refractivity contribution in [3.8, 4) is 0 Å². The molecular weight excluding hydrogens is 298 g/mol. The number of alkyl halides is 1. The maximum Gasteiger partial charge on any atom is 0.253 e. The lowest BCUT2D eigenvalue weighted by Gasteiger charge is -2.11.